The van der Waals surface area contributed by atoms with Crippen molar-refractivity contribution in [3.8, 4) is 0 Å². The zero-order chi connectivity index (χ0) is 38.3. The minimum atomic E-state index is 0.851. The summed E-state index contributed by atoms with van der Waals surface area (Å²) in [7, 11) is 0. The number of rotatable bonds is 43. The lowest BCUT2D eigenvalue weighted by molar-refractivity contribution is 0.257. The highest BCUT2D eigenvalue weighted by Crippen LogP contribution is 2.30. The van der Waals surface area contributed by atoms with Gasteiger partial charge in [0, 0.05) is 0 Å². The van der Waals surface area contributed by atoms with Crippen molar-refractivity contribution in [3.05, 3.63) is 0 Å². The van der Waals surface area contributed by atoms with Gasteiger partial charge < -0.3 is 0 Å². The van der Waals surface area contributed by atoms with Gasteiger partial charge in [0.05, 0.1) is 0 Å². The van der Waals surface area contributed by atoms with E-state index in [2.05, 4.69) is 55.4 Å². The van der Waals surface area contributed by atoms with E-state index in [4.69, 9.17) is 0 Å². The molecule has 0 aromatic rings. The van der Waals surface area contributed by atoms with Gasteiger partial charge in [0.2, 0.25) is 0 Å². The fourth-order valence-electron chi connectivity index (χ4n) is 8.86. The van der Waals surface area contributed by atoms with E-state index in [1.54, 1.807) is 0 Å². The summed E-state index contributed by atoms with van der Waals surface area (Å²) in [5.74, 6) is 5.42. The molecule has 0 aliphatic rings. The first-order valence-electron chi connectivity index (χ1n) is 25.2. The Hall–Kier alpha value is 0. The lowest BCUT2D eigenvalue weighted by atomic mass is 9.80. The van der Waals surface area contributed by atoms with Crippen molar-refractivity contribution in [2.24, 2.45) is 35.5 Å². The van der Waals surface area contributed by atoms with Gasteiger partial charge in [-0.15, -0.1) is 0 Å². The molecule has 0 N–H and O–H groups in total. The largest absolute Gasteiger partial charge is 0.0628 e. The zero-order valence-electron chi connectivity index (χ0n) is 38.3. The first kappa shape index (κ1) is 52.0. The quantitative estimate of drug-likeness (QED) is 0.0548. The van der Waals surface area contributed by atoms with E-state index in [-0.39, 0.29) is 0 Å². The second-order valence-corrected chi connectivity index (χ2v) is 19.9. The molecule has 0 fully saturated rings. The molecule has 0 bridgehead atoms. The predicted octanol–water partition coefficient (Wildman–Crippen LogP) is 19.7. The van der Waals surface area contributed by atoms with Gasteiger partial charge in [0.15, 0.2) is 0 Å². The van der Waals surface area contributed by atoms with Gasteiger partial charge in [-0.25, -0.2) is 0 Å². The second kappa shape index (κ2) is 40.7. The van der Waals surface area contributed by atoms with Crippen LogP contribution in [0, 0.1) is 35.5 Å². The van der Waals surface area contributed by atoms with Crippen molar-refractivity contribution < 1.29 is 0 Å². The highest BCUT2D eigenvalue weighted by Gasteiger charge is 2.18. The molecule has 0 heteroatoms. The van der Waals surface area contributed by atoms with Crippen molar-refractivity contribution >= 4 is 0 Å². The molecule has 0 heterocycles. The summed E-state index contributed by atoms with van der Waals surface area (Å²) in [6.07, 6.45) is 56.1. The van der Waals surface area contributed by atoms with E-state index in [9.17, 15) is 0 Å². The summed E-state index contributed by atoms with van der Waals surface area (Å²) in [5.41, 5.74) is 0. The van der Waals surface area contributed by atoms with Gasteiger partial charge in [-0.2, -0.15) is 0 Å². The van der Waals surface area contributed by atoms with E-state index < -0.39 is 0 Å². The van der Waals surface area contributed by atoms with Gasteiger partial charge in [-0.3, -0.25) is 0 Å². The van der Waals surface area contributed by atoms with Gasteiger partial charge in [-0.05, 0) is 48.3 Å². The average Bonchev–Trinajstić information content (AvgIpc) is 3.10. The molecule has 0 amide bonds. The first-order chi connectivity index (χ1) is 25.2. The zero-order valence-corrected chi connectivity index (χ0v) is 38.3. The summed E-state index contributed by atoms with van der Waals surface area (Å²) in [6, 6.07) is 0. The van der Waals surface area contributed by atoms with E-state index in [0.717, 1.165) is 35.5 Å². The van der Waals surface area contributed by atoms with Crippen LogP contribution in [0.25, 0.3) is 0 Å². The molecule has 0 aromatic carbocycles. The molecular weight excluding hydrogens is 625 g/mol. The minimum Gasteiger partial charge on any atom is -0.0628 e. The van der Waals surface area contributed by atoms with E-state index in [1.807, 2.05) is 0 Å². The lowest BCUT2D eigenvalue weighted by Gasteiger charge is -2.26. The number of hydrogen-bond acceptors (Lipinski definition) is 0. The molecule has 0 aliphatic carbocycles. The van der Waals surface area contributed by atoms with Crippen molar-refractivity contribution in [1.29, 1.82) is 0 Å². The number of unbranched alkanes of at least 4 members (excludes halogenated alkanes) is 29. The molecule has 3 atom stereocenters. The summed E-state index contributed by atoms with van der Waals surface area (Å²) in [6.45, 7) is 19.5. The van der Waals surface area contributed by atoms with Crippen LogP contribution in [0.15, 0.2) is 0 Å². The van der Waals surface area contributed by atoms with Crippen LogP contribution in [0.1, 0.15) is 299 Å². The van der Waals surface area contributed by atoms with Crippen LogP contribution in [-0.4, -0.2) is 0 Å². The van der Waals surface area contributed by atoms with Crippen LogP contribution in [0.5, 0.6) is 0 Å². The Morgan fingerprint density at radius 1 is 0.212 bits per heavy atom. The fraction of sp³-hybridized carbons (Fsp3) is 1.00. The topological polar surface area (TPSA) is 0 Å². The Balaban J connectivity index is 3.53. The molecule has 0 saturated carbocycles. The predicted molar refractivity (Wildman–Crippen MR) is 242 cm³/mol. The van der Waals surface area contributed by atoms with Crippen molar-refractivity contribution in [2.45, 2.75) is 299 Å². The molecular formula is C52H106. The van der Waals surface area contributed by atoms with E-state index in [1.165, 1.54) is 244 Å². The Morgan fingerprint density at radius 3 is 0.692 bits per heavy atom. The van der Waals surface area contributed by atoms with Crippen molar-refractivity contribution in [3.63, 3.8) is 0 Å². The summed E-state index contributed by atoms with van der Waals surface area (Å²) in [4.78, 5) is 0. The van der Waals surface area contributed by atoms with Crippen LogP contribution < -0.4 is 0 Å². The normalized spacial score (nSPS) is 13.9. The summed E-state index contributed by atoms with van der Waals surface area (Å²) in [5, 5.41) is 0. The SMILES string of the molecule is CC(C)CCCCCCCCCCCCCCCCCCCCCC(C)CCC(CC(C)CCCCCCCCCCCCCCC(C)C)C(C)C. The monoisotopic (exact) mass is 731 g/mol. The average molecular weight is 731 g/mol. The third-order valence-electron chi connectivity index (χ3n) is 12.9. The van der Waals surface area contributed by atoms with Crippen molar-refractivity contribution in [1.82, 2.24) is 0 Å². The molecule has 0 radical (unpaired) electrons. The van der Waals surface area contributed by atoms with Crippen LogP contribution >= 0.6 is 0 Å². The third kappa shape index (κ3) is 41.2. The highest BCUT2D eigenvalue weighted by atomic mass is 14.2. The van der Waals surface area contributed by atoms with Crippen LogP contribution in [0.2, 0.25) is 0 Å². The molecule has 314 valence electrons. The molecule has 0 aromatic heterocycles. The molecule has 0 rings (SSSR count). The minimum absolute atomic E-state index is 0.851. The molecule has 3 unspecified atom stereocenters. The van der Waals surface area contributed by atoms with Crippen molar-refractivity contribution in [2.75, 3.05) is 0 Å². The van der Waals surface area contributed by atoms with E-state index in [0.29, 0.717) is 0 Å². The molecule has 0 saturated heterocycles. The Labute approximate surface area is 333 Å². The Kier molecular flexibility index (Phi) is 40.7. The highest BCUT2D eigenvalue weighted by molar-refractivity contribution is 4.69. The third-order valence-corrected chi connectivity index (χ3v) is 12.9. The summed E-state index contributed by atoms with van der Waals surface area (Å²) >= 11 is 0. The molecule has 52 heavy (non-hydrogen) atoms. The molecule has 0 spiro atoms. The maximum Gasteiger partial charge on any atom is -0.0388 e. The Morgan fingerprint density at radius 2 is 0.442 bits per heavy atom. The van der Waals surface area contributed by atoms with Gasteiger partial charge >= 0.3 is 0 Å². The second-order valence-electron chi connectivity index (χ2n) is 19.9. The van der Waals surface area contributed by atoms with Gasteiger partial charge in [0.25, 0.3) is 0 Å². The standard InChI is InChI=1S/C52H106/c1-47(2)40-36-32-28-24-20-16-14-12-10-9-11-13-15-17-22-26-30-34-38-42-50(7)44-45-52(49(5)6)46-51(8)43-39-35-31-27-23-19-18-21-25-29-33-37-41-48(3)4/h47-52H,9-46H2,1-8H3. The summed E-state index contributed by atoms with van der Waals surface area (Å²) < 4.78 is 0. The molecule has 0 aliphatic heterocycles. The van der Waals surface area contributed by atoms with Gasteiger partial charge in [-0.1, -0.05) is 287 Å². The maximum atomic E-state index is 2.56. The van der Waals surface area contributed by atoms with E-state index >= 15 is 0 Å². The van der Waals surface area contributed by atoms with Crippen LogP contribution in [0.3, 0.4) is 0 Å². The fourth-order valence-corrected chi connectivity index (χ4v) is 8.86. The van der Waals surface area contributed by atoms with Crippen LogP contribution in [-0.2, 0) is 0 Å². The lowest BCUT2D eigenvalue weighted by Crippen LogP contribution is -2.14. The Bertz CT molecular complexity index is 644. The number of hydrogen-bond donors (Lipinski definition) is 0. The maximum absolute atomic E-state index is 2.56. The molecule has 0 nitrogen and oxygen atoms in total. The first-order valence-corrected chi connectivity index (χ1v) is 25.2. The van der Waals surface area contributed by atoms with Gasteiger partial charge in [0.1, 0.15) is 0 Å². The smallest absolute Gasteiger partial charge is 0.0388 e. The van der Waals surface area contributed by atoms with Crippen LogP contribution in [0.4, 0.5) is 0 Å².